The van der Waals surface area contributed by atoms with Crippen molar-refractivity contribution >= 4 is 0 Å². The Hall–Kier alpha value is -1.02. The lowest BCUT2D eigenvalue weighted by Gasteiger charge is -2.15. The zero-order valence-electron chi connectivity index (χ0n) is 10.8. The van der Waals surface area contributed by atoms with Crippen molar-refractivity contribution < 1.29 is 9.64 Å². The van der Waals surface area contributed by atoms with E-state index in [0.717, 1.165) is 25.3 Å². The Balaban J connectivity index is 2.31. The lowest BCUT2D eigenvalue weighted by Crippen LogP contribution is -3.12. The summed E-state index contributed by atoms with van der Waals surface area (Å²) in [7, 11) is 0. The highest BCUT2D eigenvalue weighted by Gasteiger charge is 2.02. The van der Waals surface area contributed by atoms with E-state index in [1.807, 2.05) is 0 Å². The van der Waals surface area contributed by atoms with E-state index in [9.17, 15) is 0 Å². The molecule has 0 aromatic heterocycles. The van der Waals surface area contributed by atoms with Crippen LogP contribution in [0.15, 0.2) is 24.3 Å². The maximum atomic E-state index is 5.72. The van der Waals surface area contributed by atoms with Crippen molar-refractivity contribution in [3.05, 3.63) is 29.8 Å². The van der Waals surface area contributed by atoms with E-state index in [-0.39, 0.29) is 0 Å². The van der Waals surface area contributed by atoms with Gasteiger partial charge >= 0.3 is 0 Å². The normalized spacial score (nSPS) is 10.8. The van der Waals surface area contributed by atoms with Gasteiger partial charge in [0.15, 0.2) is 0 Å². The first-order valence-corrected chi connectivity index (χ1v) is 6.35. The van der Waals surface area contributed by atoms with Gasteiger partial charge in [-0.15, -0.1) is 0 Å². The SMILES string of the molecule is CCc1ccc(OCC[NH+](CC)CC)cc1. The third kappa shape index (κ3) is 4.23. The molecule has 0 saturated carbocycles. The quantitative estimate of drug-likeness (QED) is 0.739. The Labute approximate surface area is 99.2 Å². The van der Waals surface area contributed by atoms with E-state index < -0.39 is 0 Å². The van der Waals surface area contributed by atoms with Gasteiger partial charge in [-0.25, -0.2) is 0 Å². The summed E-state index contributed by atoms with van der Waals surface area (Å²) in [5.74, 6) is 0.990. The highest BCUT2D eigenvalue weighted by atomic mass is 16.5. The van der Waals surface area contributed by atoms with Crippen LogP contribution in [0.25, 0.3) is 0 Å². The van der Waals surface area contributed by atoms with Crippen LogP contribution in [-0.2, 0) is 6.42 Å². The lowest BCUT2D eigenvalue weighted by atomic mass is 10.2. The van der Waals surface area contributed by atoms with Crippen molar-refractivity contribution in [1.29, 1.82) is 0 Å². The van der Waals surface area contributed by atoms with Crippen LogP contribution in [0.3, 0.4) is 0 Å². The van der Waals surface area contributed by atoms with Crippen LogP contribution in [-0.4, -0.2) is 26.2 Å². The number of benzene rings is 1. The van der Waals surface area contributed by atoms with Gasteiger partial charge in [0, 0.05) is 0 Å². The molecule has 0 saturated heterocycles. The van der Waals surface area contributed by atoms with Gasteiger partial charge in [-0.2, -0.15) is 0 Å². The highest BCUT2D eigenvalue weighted by Crippen LogP contribution is 2.11. The summed E-state index contributed by atoms with van der Waals surface area (Å²) in [4.78, 5) is 1.59. The zero-order valence-corrected chi connectivity index (χ0v) is 10.8. The summed E-state index contributed by atoms with van der Waals surface area (Å²) in [5, 5.41) is 0. The summed E-state index contributed by atoms with van der Waals surface area (Å²) < 4.78 is 5.72. The number of rotatable bonds is 7. The third-order valence-corrected chi connectivity index (χ3v) is 3.06. The van der Waals surface area contributed by atoms with E-state index >= 15 is 0 Å². The van der Waals surface area contributed by atoms with Crippen LogP contribution < -0.4 is 9.64 Å². The Morgan fingerprint density at radius 3 is 2.12 bits per heavy atom. The number of nitrogens with one attached hydrogen (secondary N) is 1. The summed E-state index contributed by atoms with van der Waals surface area (Å²) in [6.45, 7) is 10.8. The number of hydrogen-bond donors (Lipinski definition) is 1. The van der Waals surface area contributed by atoms with Gasteiger partial charge in [-0.1, -0.05) is 19.1 Å². The summed E-state index contributed by atoms with van der Waals surface area (Å²) >= 11 is 0. The molecule has 0 radical (unpaired) electrons. The molecule has 1 aromatic carbocycles. The van der Waals surface area contributed by atoms with E-state index in [2.05, 4.69) is 45.0 Å². The third-order valence-electron chi connectivity index (χ3n) is 3.06. The first-order valence-electron chi connectivity index (χ1n) is 6.35. The number of aryl methyl sites for hydroxylation is 1. The monoisotopic (exact) mass is 222 g/mol. The molecule has 0 aliphatic rings. The second kappa shape index (κ2) is 7.29. The largest absolute Gasteiger partial charge is 0.488 e. The van der Waals surface area contributed by atoms with Crippen molar-refractivity contribution in [3.8, 4) is 5.75 Å². The second-order valence-corrected chi connectivity index (χ2v) is 4.05. The molecule has 0 atom stereocenters. The van der Waals surface area contributed by atoms with Crippen LogP contribution in [0.5, 0.6) is 5.75 Å². The molecule has 2 heteroatoms. The Kier molecular flexibility index (Phi) is 5.94. The lowest BCUT2D eigenvalue weighted by molar-refractivity contribution is -0.896. The number of hydrogen-bond acceptors (Lipinski definition) is 1. The summed E-state index contributed by atoms with van der Waals surface area (Å²) in [6.07, 6.45) is 1.09. The van der Waals surface area contributed by atoms with Crippen LogP contribution in [0, 0.1) is 0 Å². The van der Waals surface area contributed by atoms with Crippen molar-refractivity contribution in [2.24, 2.45) is 0 Å². The van der Waals surface area contributed by atoms with E-state index in [1.165, 1.54) is 18.7 Å². The molecular weight excluding hydrogens is 198 g/mol. The average molecular weight is 222 g/mol. The Morgan fingerprint density at radius 2 is 1.62 bits per heavy atom. The maximum absolute atomic E-state index is 5.72. The molecule has 1 N–H and O–H groups in total. The molecular formula is C14H24NO+. The average Bonchev–Trinajstić information content (AvgIpc) is 2.35. The van der Waals surface area contributed by atoms with Gasteiger partial charge in [-0.05, 0) is 38.0 Å². The molecule has 0 unspecified atom stereocenters. The first-order chi connectivity index (χ1) is 7.80. The molecule has 2 nitrogen and oxygen atoms in total. The molecule has 0 fully saturated rings. The fourth-order valence-corrected chi connectivity index (χ4v) is 1.74. The summed E-state index contributed by atoms with van der Waals surface area (Å²) in [5.41, 5.74) is 1.36. The molecule has 0 heterocycles. The number of quaternary nitrogens is 1. The van der Waals surface area contributed by atoms with Crippen LogP contribution >= 0.6 is 0 Å². The zero-order chi connectivity index (χ0) is 11.8. The molecule has 0 aliphatic carbocycles. The number of ether oxygens (including phenoxy) is 1. The molecule has 0 aliphatic heterocycles. The fraction of sp³-hybridized carbons (Fsp3) is 0.571. The van der Waals surface area contributed by atoms with Gasteiger partial charge in [0.25, 0.3) is 0 Å². The van der Waals surface area contributed by atoms with E-state index in [1.54, 1.807) is 4.90 Å². The van der Waals surface area contributed by atoms with Crippen molar-refractivity contribution in [2.45, 2.75) is 27.2 Å². The molecule has 1 aromatic rings. The van der Waals surface area contributed by atoms with Crippen LogP contribution in [0.2, 0.25) is 0 Å². The van der Waals surface area contributed by atoms with Crippen LogP contribution in [0.1, 0.15) is 26.3 Å². The standard InChI is InChI=1S/C14H23NO/c1-4-13-7-9-14(10-8-13)16-12-11-15(5-2)6-3/h7-10H,4-6,11-12H2,1-3H3/p+1. The fourth-order valence-electron chi connectivity index (χ4n) is 1.74. The second-order valence-electron chi connectivity index (χ2n) is 4.05. The minimum absolute atomic E-state index is 0.808. The molecule has 90 valence electrons. The van der Waals surface area contributed by atoms with Crippen LogP contribution in [0.4, 0.5) is 0 Å². The molecule has 1 rings (SSSR count). The van der Waals surface area contributed by atoms with Gasteiger partial charge in [0.1, 0.15) is 18.9 Å². The predicted molar refractivity (Wildman–Crippen MR) is 68.2 cm³/mol. The van der Waals surface area contributed by atoms with Gasteiger partial charge in [-0.3, -0.25) is 0 Å². The Morgan fingerprint density at radius 1 is 1.00 bits per heavy atom. The van der Waals surface area contributed by atoms with Crippen molar-refractivity contribution in [3.63, 3.8) is 0 Å². The van der Waals surface area contributed by atoms with Gasteiger partial charge in [0.05, 0.1) is 13.1 Å². The first kappa shape index (κ1) is 13.0. The van der Waals surface area contributed by atoms with Gasteiger partial charge < -0.3 is 9.64 Å². The minimum Gasteiger partial charge on any atom is -0.488 e. The summed E-state index contributed by atoms with van der Waals surface area (Å²) in [6, 6.07) is 8.41. The van der Waals surface area contributed by atoms with E-state index in [4.69, 9.17) is 4.74 Å². The van der Waals surface area contributed by atoms with Crippen molar-refractivity contribution in [1.82, 2.24) is 0 Å². The molecule has 0 amide bonds. The van der Waals surface area contributed by atoms with E-state index in [0.29, 0.717) is 0 Å². The highest BCUT2D eigenvalue weighted by molar-refractivity contribution is 5.27. The molecule has 0 spiro atoms. The minimum atomic E-state index is 0.808. The predicted octanol–water partition coefficient (Wildman–Crippen LogP) is 1.55. The molecule has 0 bridgehead atoms. The van der Waals surface area contributed by atoms with Gasteiger partial charge in [0.2, 0.25) is 0 Å². The maximum Gasteiger partial charge on any atom is 0.137 e. The Bertz CT molecular complexity index is 277. The smallest absolute Gasteiger partial charge is 0.137 e. The number of likely N-dealkylation sites (N-methyl/N-ethyl adjacent to an activating group) is 1. The molecule has 16 heavy (non-hydrogen) atoms. The van der Waals surface area contributed by atoms with Crippen molar-refractivity contribution in [2.75, 3.05) is 26.2 Å². The topological polar surface area (TPSA) is 13.7 Å².